The van der Waals surface area contributed by atoms with Gasteiger partial charge in [-0.1, -0.05) is 60.7 Å². The molecule has 0 radical (unpaired) electrons. The van der Waals surface area contributed by atoms with Crippen LogP contribution < -0.4 is 4.74 Å². The highest BCUT2D eigenvalue weighted by Gasteiger charge is 2.57. The maximum Gasteiger partial charge on any atom is 0.234 e. The number of phenolic OH excluding ortho intramolecular Hbond substituents is 1. The molecule has 0 bridgehead atoms. The minimum Gasteiger partial charge on any atom is -0.507 e. The molecule has 4 heterocycles. The van der Waals surface area contributed by atoms with Crippen LogP contribution in [0.5, 0.6) is 11.5 Å². The Labute approximate surface area is 289 Å². The molecule has 2 aromatic heterocycles. The van der Waals surface area contributed by atoms with Crippen molar-refractivity contribution < 1.29 is 24.2 Å². The van der Waals surface area contributed by atoms with Gasteiger partial charge in [-0.05, 0) is 94.8 Å². The first-order valence-corrected chi connectivity index (χ1v) is 17.6. The SMILES string of the molecule is O=C1[C@@H]2[C@@H](CC(COc3ccccc3)=C3[C@@H](CC/C(=C/c4ccc(O)c5ccccc45)c4ccccn4)OC[C@@H]32)C(=O)N1Cc1cccs1. The van der Waals surface area contributed by atoms with Crippen LogP contribution in [-0.4, -0.2) is 46.1 Å². The fraction of sp³-hybridized carbons (Fsp3) is 0.244. The van der Waals surface area contributed by atoms with Crippen LogP contribution in [-0.2, 0) is 20.9 Å². The van der Waals surface area contributed by atoms with Crippen molar-refractivity contribution in [2.24, 2.45) is 17.8 Å². The van der Waals surface area contributed by atoms with Gasteiger partial charge < -0.3 is 14.6 Å². The number of ether oxygens (including phenoxy) is 2. The third-order valence-electron chi connectivity index (χ3n) is 10.1. The summed E-state index contributed by atoms with van der Waals surface area (Å²) >= 11 is 1.56. The van der Waals surface area contributed by atoms with E-state index in [1.165, 1.54) is 4.90 Å². The summed E-state index contributed by atoms with van der Waals surface area (Å²) in [4.78, 5) is 34.9. The number of allylic oxidation sites excluding steroid dienone is 1. The van der Waals surface area contributed by atoms with Crippen molar-refractivity contribution in [1.82, 2.24) is 9.88 Å². The van der Waals surface area contributed by atoms with Crippen LogP contribution >= 0.6 is 11.3 Å². The lowest BCUT2D eigenvalue weighted by atomic mass is 9.69. The molecule has 1 N–H and O–H groups in total. The number of imide groups is 1. The summed E-state index contributed by atoms with van der Waals surface area (Å²) in [6, 6.07) is 31.1. The molecule has 7 nitrogen and oxygen atoms in total. The van der Waals surface area contributed by atoms with Crippen LogP contribution in [0.1, 0.15) is 35.4 Å². The number of carbonyl (C=O) groups is 2. The number of benzene rings is 3. The summed E-state index contributed by atoms with van der Waals surface area (Å²) < 4.78 is 12.8. The van der Waals surface area contributed by atoms with E-state index in [4.69, 9.17) is 14.5 Å². The number of carbonyl (C=O) groups excluding carboxylic acids is 2. The standard InChI is InChI=1S/C41H36N2O5S/c44-36-17-15-26(31-12-4-5-13-32(31)36)21-27(35-14-6-7-19-42-35)16-18-37-38-28(24-47-29-9-2-1-3-10-29)22-33-39(34(38)25-48-37)41(46)43(40(33)45)23-30-11-8-20-49-30/h1-15,17,19-21,33-34,37,39,44H,16,18,22-25H2/b27-21-/t33-,34+,37-,39-/m1/s1. The molecule has 3 aliphatic rings. The summed E-state index contributed by atoms with van der Waals surface area (Å²) in [6.45, 7) is 1.05. The number of pyridine rings is 1. The van der Waals surface area contributed by atoms with Gasteiger partial charge in [-0.25, -0.2) is 0 Å². The predicted molar refractivity (Wildman–Crippen MR) is 191 cm³/mol. The zero-order chi connectivity index (χ0) is 33.3. The van der Waals surface area contributed by atoms with Gasteiger partial charge in [-0.3, -0.25) is 19.5 Å². The summed E-state index contributed by atoms with van der Waals surface area (Å²) in [7, 11) is 0. The number of aromatic hydroxyl groups is 1. The number of fused-ring (bicyclic) bond motifs is 4. The number of hydrogen-bond acceptors (Lipinski definition) is 7. The van der Waals surface area contributed by atoms with Gasteiger partial charge in [0.15, 0.2) is 0 Å². The molecule has 4 atom stereocenters. The molecule has 246 valence electrons. The zero-order valence-corrected chi connectivity index (χ0v) is 27.7. The number of rotatable bonds is 10. The third-order valence-corrected chi connectivity index (χ3v) is 10.9. The maximum absolute atomic E-state index is 14.0. The lowest BCUT2D eigenvalue weighted by Gasteiger charge is -2.31. The Hall–Kier alpha value is -5.05. The minimum absolute atomic E-state index is 0.0912. The van der Waals surface area contributed by atoms with E-state index in [2.05, 4.69) is 6.08 Å². The average molecular weight is 669 g/mol. The average Bonchev–Trinajstić information content (AvgIpc) is 3.87. The van der Waals surface area contributed by atoms with E-state index < -0.39 is 11.8 Å². The topological polar surface area (TPSA) is 89.0 Å². The Morgan fingerprint density at radius 1 is 0.918 bits per heavy atom. The van der Waals surface area contributed by atoms with Gasteiger partial charge in [-0.2, -0.15) is 0 Å². The van der Waals surface area contributed by atoms with Gasteiger partial charge in [0.05, 0.1) is 36.8 Å². The second kappa shape index (κ2) is 13.5. The summed E-state index contributed by atoms with van der Waals surface area (Å²) in [5.74, 6) is -0.187. The Balaban J connectivity index is 1.11. The molecule has 2 aliphatic heterocycles. The van der Waals surface area contributed by atoms with E-state index in [1.807, 2.05) is 96.4 Å². The molecule has 8 rings (SSSR count). The molecule has 0 spiro atoms. The van der Waals surface area contributed by atoms with Crippen molar-refractivity contribution >= 4 is 45.6 Å². The van der Waals surface area contributed by atoms with Gasteiger partial charge in [0.1, 0.15) is 18.1 Å². The van der Waals surface area contributed by atoms with Crippen molar-refractivity contribution in [3.05, 3.63) is 136 Å². The van der Waals surface area contributed by atoms with Crippen LogP contribution in [0, 0.1) is 17.8 Å². The minimum atomic E-state index is -0.429. The fourth-order valence-corrected chi connectivity index (χ4v) is 8.50. The number of likely N-dealkylation sites (tertiary alicyclic amines) is 1. The molecular formula is C41H36N2O5S. The number of amides is 2. The molecule has 8 heteroatoms. The number of phenols is 1. The van der Waals surface area contributed by atoms with Gasteiger partial charge in [-0.15, -0.1) is 11.3 Å². The lowest BCUT2D eigenvalue weighted by Crippen LogP contribution is -2.35. The van der Waals surface area contributed by atoms with Crippen molar-refractivity contribution in [2.75, 3.05) is 13.2 Å². The van der Waals surface area contributed by atoms with E-state index >= 15 is 0 Å². The summed E-state index contributed by atoms with van der Waals surface area (Å²) in [5, 5.41) is 14.2. The van der Waals surface area contributed by atoms with E-state index in [9.17, 15) is 14.7 Å². The van der Waals surface area contributed by atoms with Crippen molar-refractivity contribution in [3.63, 3.8) is 0 Å². The van der Waals surface area contributed by atoms with E-state index in [1.54, 1.807) is 23.6 Å². The van der Waals surface area contributed by atoms with E-state index in [0.29, 0.717) is 39.0 Å². The van der Waals surface area contributed by atoms with Crippen LogP contribution in [0.2, 0.25) is 0 Å². The monoisotopic (exact) mass is 668 g/mol. The van der Waals surface area contributed by atoms with Gasteiger partial charge in [0.2, 0.25) is 11.8 Å². The molecule has 2 saturated heterocycles. The molecule has 49 heavy (non-hydrogen) atoms. The predicted octanol–water partition coefficient (Wildman–Crippen LogP) is 7.92. The van der Waals surface area contributed by atoms with Crippen LogP contribution in [0.15, 0.2) is 120 Å². The summed E-state index contributed by atoms with van der Waals surface area (Å²) in [6.07, 6.45) is 5.56. The third kappa shape index (κ3) is 6.07. The highest BCUT2D eigenvalue weighted by Crippen LogP contribution is 2.50. The molecule has 1 aliphatic carbocycles. The van der Waals surface area contributed by atoms with Crippen molar-refractivity contribution in [3.8, 4) is 11.5 Å². The first-order chi connectivity index (χ1) is 24.0. The quantitative estimate of drug-likeness (QED) is 0.120. The molecule has 2 fully saturated rings. The number of hydrogen-bond donors (Lipinski definition) is 1. The molecule has 0 saturated carbocycles. The molecule has 2 amide bonds. The van der Waals surface area contributed by atoms with Crippen LogP contribution in [0.4, 0.5) is 0 Å². The molecular weight excluding hydrogens is 633 g/mol. The van der Waals surface area contributed by atoms with Crippen LogP contribution in [0.25, 0.3) is 22.4 Å². The fourth-order valence-electron chi connectivity index (χ4n) is 7.81. The number of thiophene rings is 1. The van der Waals surface area contributed by atoms with Gasteiger partial charge in [0.25, 0.3) is 0 Å². The van der Waals surface area contributed by atoms with Gasteiger partial charge >= 0.3 is 0 Å². The Morgan fingerprint density at radius 2 is 1.73 bits per heavy atom. The molecule has 0 unspecified atom stereocenters. The zero-order valence-electron chi connectivity index (χ0n) is 26.9. The molecule has 5 aromatic rings. The second-order valence-electron chi connectivity index (χ2n) is 12.9. The van der Waals surface area contributed by atoms with E-state index in [-0.39, 0.29) is 29.6 Å². The van der Waals surface area contributed by atoms with Crippen molar-refractivity contribution in [1.29, 1.82) is 0 Å². The van der Waals surface area contributed by atoms with Crippen LogP contribution in [0.3, 0.4) is 0 Å². The number of nitrogens with zero attached hydrogens (tertiary/aromatic N) is 2. The Morgan fingerprint density at radius 3 is 2.53 bits per heavy atom. The normalized spacial score (nSPS) is 22.1. The smallest absolute Gasteiger partial charge is 0.234 e. The number of para-hydroxylation sites is 1. The Kier molecular flexibility index (Phi) is 8.58. The highest BCUT2D eigenvalue weighted by molar-refractivity contribution is 7.09. The summed E-state index contributed by atoms with van der Waals surface area (Å²) in [5.41, 5.74) is 5.10. The number of aromatic nitrogens is 1. The van der Waals surface area contributed by atoms with E-state index in [0.717, 1.165) is 49.4 Å². The molecule has 3 aromatic carbocycles. The van der Waals surface area contributed by atoms with Gasteiger partial charge in [0, 0.05) is 22.4 Å². The maximum atomic E-state index is 14.0. The first-order valence-electron chi connectivity index (χ1n) is 16.8. The highest BCUT2D eigenvalue weighted by atomic mass is 32.1. The largest absolute Gasteiger partial charge is 0.507 e. The van der Waals surface area contributed by atoms with Crippen molar-refractivity contribution in [2.45, 2.75) is 31.9 Å². The Bertz CT molecular complexity index is 2060. The first kappa shape index (κ1) is 31.2. The lowest BCUT2D eigenvalue weighted by molar-refractivity contribution is -0.140. The second-order valence-corrected chi connectivity index (χ2v) is 13.9.